The molecule has 21 heavy (non-hydrogen) atoms. The van der Waals surface area contributed by atoms with E-state index in [1.807, 2.05) is 30.3 Å². The third kappa shape index (κ3) is 2.44. The van der Waals surface area contributed by atoms with Crippen molar-refractivity contribution in [2.75, 3.05) is 12.8 Å². The van der Waals surface area contributed by atoms with E-state index in [0.29, 0.717) is 0 Å². The minimum absolute atomic E-state index is 0.236. The van der Waals surface area contributed by atoms with Crippen LogP contribution in [0.15, 0.2) is 42.5 Å². The van der Waals surface area contributed by atoms with E-state index in [0.717, 1.165) is 29.2 Å². The summed E-state index contributed by atoms with van der Waals surface area (Å²) < 4.78 is 11.5. The van der Waals surface area contributed by atoms with Gasteiger partial charge < -0.3 is 15.2 Å². The zero-order chi connectivity index (χ0) is 15.0. The average molecular weight is 283 g/mol. The van der Waals surface area contributed by atoms with Crippen molar-refractivity contribution >= 4 is 5.69 Å². The molecule has 0 aliphatic carbocycles. The SMILES string of the molecule is COc1ccc2c(c1)OC(C)(C)C(c1ccccc1N)C2. The summed E-state index contributed by atoms with van der Waals surface area (Å²) in [4.78, 5) is 0. The molecule has 3 nitrogen and oxygen atoms in total. The van der Waals surface area contributed by atoms with Gasteiger partial charge in [0.15, 0.2) is 0 Å². The second kappa shape index (κ2) is 4.99. The Bertz CT molecular complexity index is 664. The van der Waals surface area contributed by atoms with Crippen molar-refractivity contribution in [1.82, 2.24) is 0 Å². The number of anilines is 1. The maximum Gasteiger partial charge on any atom is 0.127 e. The minimum atomic E-state index is -0.311. The van der Waals surface area contributed by atoms with Gasteiger partial charge in [0.05, 0.1) is 7.11 Å². The largest absolute Gasteiger partial charge is 0.497 e. The van der Waals surface area contributed by atoms with Crippen LogP contribution in [0, 0.1) is 0 Å². The predicted molar refractivity (Wildman–Crippen MR) is 85.0 cm³/mol. The summed E-state index contributed by atoms with van der Waals surface area (Å²) in [6.45, 7) is 4.24. The van der Waals surface area contributed by atoms with Gasteiger partial charge in [0.2, 0.25) is 0 Å². The second-order valence-electron chi connectivity index (χ2n) is 6.06. The quantitative estimate of drug-likeness (QED) is 0.853. The average Bonchev–Trinajstić information content (AvgIpc) is 2.46. The molecule has 2 aromatic rings. The van der Waals surface area contributed by atoms with Gasteiger partial charge in [-0.25, -0.2) is 0 Å². The molecule has 0 spiro atoms. The molecule has 2 N–H and O–H groups in total. The maximum absolute atomic E-state index is 6.25. The second-order valence-corrected chi connectivity index (χ2v) is 6.06. The van der Waals surface area contributed by atoms with E-state index in [9.17, 15) is 0 Å². The van der Waals surface area contributed by atoms with Gasteiger partial charge in [0.1, 0.15) is 17.1 Å². The molecule has 1 aliphatic heterocycles. The number of fused-ring (bicyclic) bond motifs is 1. The van der Waals surface area contributed by atoms with E-state index in [1.54, 1.807) is 7.11 Å². The molecule has 1 atom stereocenters. The molecule has 3 rings (SSSR count). The first kappa shape index (κ1) is 13.8. The fourth-order valence-electron chi connectivity index (χ4n) is 3.06. The number of ether oxygens (including phenoxy) is 2. The molecule has 0 saturated carbocycles. The molecule has 1 unspecified atom stereocenters. The molecule has 110 valence electrons. The van der Waals surface area contributed by atoms with Crippen LogP contribution in [0.3, 0.4) is 0 Å². The van der Waals surface area contributed by atoms with Gasteiger partial charge in [-0.3, -0.25) is 0 Å². The van der Waals surface area contributed by atoms with Crippen molar-refractivity contribution in [2.24, 2.45) is 0 Å². The van der Waals surface area contributed by atoms with Crippen LogP contribution in [-0.2, 0) is 6.42 Å². The van der Waals surface area contributed by atoms with Gasteiger partial charge >= 0.3 is 0 Å². The van der Waals surface area contributed by atoms with E-state index in [1.165, 1.54) is 5.56 Å². The van der Waals surface area contributed by atoms with Crippen molar-refractivity contribution < 1.29 is 9.47 Å². The highest BCUT2D eigenvalue weighted by atomic mass is 16.5. The van der Waals surface area contributed by atoms with Gasteiger partial charge in [0.25, 0.3) is 0 Å². The minimum Gasteiger partial charge on any atom is -0.497 e. The Labute approximate surface area is 125 Å². The number of nitrogen functional groups attached to an aromatic ring is 1. The molecule has 2 aromatic carbocycles. The zero-order valence-corrected chi connectivity index (χ0v) is 12.7. The Morgan fingerprint density at radius 3 is 2.67 bits per heavy atom. The molecular weight excluding hydrogens is 262 g/mol. The molecule has 0 radical (unpaired) electrons. The Morgan fingerprint density at radius 1 is 1.19 bits per heavy atom. The normalized spacial score (nSPS) is 19.5. The summed E-state index contributed by atoms with van der Waals surface area (Å²) in [7, 11) is 1.67. The van der Waals surface area contributed by atoms with Crippen molar-refractivity contribution in [1.29, 1.82) is 0 Å². The molecule has 0 saturated heterocycles. The smallest absolute Gasteiger partial charge is 0.127 e. The van der Waals surface area contributed by atoms with Crippen LogP contribution in [0.25, 0.3) is 0 Å². The number of benzene rings is 2. The van der Waals surface area contributed by atoms with Crippen LogP contribution in [0.4, 0.5) is 5.69 Å². The first-order valence-corrected chi connectivity index (χ1v) is 7.21. The number of para-hydroxylation sites is 1. The fourth-order valence-corrected chi connectivity index (χ4v) is 3.06. The highest BCUT2D eigenvalue weighted by Crippen LogP contribution is 2.44. The van der Waals surface area contributed by atoms with E-state index >= 15 is 0 Å². The molecule has 0 fully saturated rings. The first-order chi connectivity index (χ1) is 10.0. The topological polar surface area (TPSA) is 44.5 Å². The van der Waals surface area contributed by atoms with Crippen LogP contribution in [0.5, 0.6) is 11.5 Å². The van der Waals surface area contributed by atoms with Crippen LogP contribution in [-0.4, -0.2) is 12.7 Å². The standard InChI is InChI=1S/C18H21NO2/c1-18(2)15(14-6-4-5-7-16(14)19)10-12-8-9-13(20-3)11-17(12)21-18/h4-9,11,15H,10,19H2,1-3H3. The lowest BCUT2D eigenvalue weighted by Crippen LogP contribution is -2.40. The summed E-state index contributed by atoms with van der Waals surface area (Å²) in [5.74, 6) is 1.96. The number of hydrogen-bond donors (Lipinski definition) is 1. The number of methoxy groups -OCH3 is 1. The van der Waals surface area contributed by atoms with Crippen molar-refractivity contribution in [3.05, 3.63) is 53.6 Å². The highest BCUT2D eigenvalue weighted by molar-refractivity contribution is 5.52. The predicted octanol–water partition coefficient (Wildman–Crippen LogP) is 3.77. The van der Waals surface area contributed by atoms with Gasteiger partial charge in [-0.05, 0) is 43.5 Å². The van der Waals surface area contributed by atoms with Gasteiger partial charge in [0, 0.05) is 17.7 Å². The Kier molecular flexibility index (Phi) is 3.28. The summed E-state index contributed by atoms with van der Waals surface area (Å²) in [5, 5.41) is 0. The van der Waals surface area contributed by atoms with E-state index in [4.69, 9.17) is 15.2 Å². The Hall–Kier alpha value is -2.16. The molecule has 0 bridgehead atoms. The maximum atomic E-state index is 6.25. The molecule has 1 heterocycles. The Balaban J connectivity index is 2.03. The van der Waals surface area contributed by atoms with E-state index in [-0.39, 0.29) is 11.5 Å². The number of nitrogens with two attached hydrogens (primary N) is 1. The third-order valence-corrected chi connectivity index (χ3v) is 4.28. The third-order valence-electron chi connectivity index (χ3n) is 4.28. The zero-order valence-electron chi connectivity index (χ0n) is 12.7. The first-order valence-electron chi connectivity index (χ1n) is 7.21. The molecule has 0 aromatic heterocycles. The monoisotopic (exact) mass is 283 g/mol. The number of hydrogen-bond acceptors (Lipinski definition) is 3. The lowest BCUT2D eigenvalue weighted by molar-refractivity contribution is 0.0614. The summed E-state index contributed by atoms with van der Waals surface area (Å²) in [6, 6.07) is 14.1. The highest BCUT2D eigenvalue weighted by Gasteiger charge is 2.38. The molecule has 1 aliphatic rings. The van der Waals surface area contributed by atoms with Crippen molar-refractivity contribution in [3.8, 4) is 11.5 Å². The van der Waals surface area contributed by atoms with E-state index < -0.39 is 0 Å². The van der Waals surface area contributed by atoms with Crippen LogP contribution in [0.1, 0.15) is 30.9 Å². The van der Waals surface area contributed by atoms with E-state index in [2.05, 4.69) is 26.0 Å². The van der Waals surface area contributed by atoms with Gasteiger partial charge in [-0.15, -0.1) is 0 Å². The molecule has 3 heteroatoms. The fraction of sp³-hybridized carbons (Fsp3) is 0.333. The van der Waals surface area contributed by atoms with Crippen molar-refractivity contribution in [2.45, 2.75) is 31.8 Å². The molecular formula is C18H21NO2. The lowest BCUT2D eigenvalue weighted by Gasteiger charge is -2.40. The Morgan fingerprint density at radius 2 is 1.95 bits per heavy atom. The summed E-state index contributed by atoms with van der Waals surface area (Å²) in [5.41, 5.74) is 9.04. The van der Waals surface area contributed by atoms with Gasteiger partial charge in [-0.1, -0.05) is 24.3 Å². The van der Waals surface area contributed by atoms with Crippen LogP contribution < -0.4 is 15.2 Å². The summed E-state index contributed by atoms with van der Waals surface area (Å²) >= 11 is 0. The number of rotatable bonds is 2. The van der Waals surface area contributed by atoms with Crippen LogP contribution >= 0.6 is 0 Å². The summed E-state index contributed by atoms with van der Waals surface area (Å²) in [6.07, 6.45) is 0.917. The van der Waals surface area contributed by atoms with Gasteiger partial charge in [-0.2, -0.15) is 0 Å². The van der Waals surface area contributed by atoms with Crippen LogP contribution in [0.2, 0.25) is 0 Å². The molecule has 0 amide bonds. The van der Waals surface area contributed by atoms with Crippen molar-refractivity contribution in [3.63, 3.8) is 0 Å². The lowest BCUT2D eigenvalue weighted by atomic mass is 9.77.